The standard InChI is InChI=1S/C23H29N3O5/c1-5-26(6-2)19-12-10-18(11-13-19)22(28)25-24-21(27)15-30-23(29)17(4)31-20-9-7-8-16(3)14-20/h7-14,17H,5-6,15H2,1-4H3,(H,24,27)(H,25,28)/t17-/m0/s1. The van der Waals surface area contributed by atoms with Gasteiger partial charge in [-0.15, -0.1) is 0 Å². The number of rotatable bonds is 9. The third kappa shape index (κ3) is 7.33. The smallest absolute Gasteiger partial charge is 0.347 e. The molecule has 0 saturated carbocycles. The van der Waals surface area contributed by atoms with Gasteiger partial charge in [0.15, 0.2) is 12.7 Å². The molecule has 0 aliphatic rings. The lowest BCUT2D eigenvalue weighted by Gasteiger charge is -2.21. The molecule has 0 aliphatic heterocycles. The molecule has 0 unspecified atom stereocenters. The fourth-order valence-corrected chi connectivity index (χ4v) is 2.84. The number of nitrogens with one attached hydrogen (secondary N) is 2. The highest BCUT2D eigenvalue weighted by Crippen LogP contribution is 2.15. The second-order valence-corrected chi connectivity index (χ2v) is 6.91. The Morgan fingerprint density at radius 3 is 2.29 bits per heavy atom. The van der Waals surface area contributed by atoms with Crippen molar-refractivity contribution in [1.82, 2.24) is 10.9 Å². The first kappa shape index (κ1) is 23.7. The molecule has 2 N–H and O–H groups in total. The number of anilines is 1. The molecule has 0 radical (unpaired) electrons. The van der Waals surface area contributed by atoms with Crippen LogP contribution in [0.1, 0.15) is 36.7 Å². The van der Waals surface area contributed by atoms with Gasteiger partial charge < -0.3 is 14.4 Å². The molecule has 1 atom stereocenters. The van der Waals surface area contributed by atoms with E-state index < -0.39 is 30.5 Å². The van der Waals surface area contributed by atoms with Crippen molar-refractivity contribution in [3.63, 3.8) is 0 Å². The van der Waals surface area contributed by atoms with Crippen molar-refractivity contribution in [2.75, 3.05) is 24.6 Å². The topological polar surface area (TPSA) is 97.0 Å². The van der Waals surface area contributed by atoms with E-state index in [2.05, 4.69) is 29.6 Å². The van der Waals surface area contributed by atoms with Crippen molar-refractivity contribution < 1.29 is 23.9 Å². The van der Waals surface area contributed by atoms with Crippen molar-refractivity contribution >= 4 is 23.5 Å². The van der Waals surface area contributed by atoms with E-state index in [1.165, 1.54) is 6.92 Å². The first-order valence-corrected chi connectivity index (χ1v) is 10.2. The van der Waals surface area contributed by atoms with E-state index in [1.807, 2.05) is 31.2 Å². The second kappa shape index (κ2) is 11.6. The SMILES string of the molecule is CCN(CC)c1ccc(C(=O)NNC(=O)COC(=O)[C@H](C)Oc2cccc(C)c2)cc1. The first-order chi connectivity index (χ1) is 14.8. The molecule has 0 aromatic heterocycles. The average Bonchev–Trinajstić information content (AvgIpc) is 2.77. The Kier molecular flexibility index (Phi) is 8.87. The van der Waals surface area contributed by atoms with Crippen LogP contribution in [0.25, 0.3) is 0 Å². The highest BCUT2D eigenvalue weighted by Gasteiger charge is 2.18. The van der Waals surface area contributed by atoms with E-state index in [0.717, 1.165) is 24.3 Å². The van der Waals surface area contributed by atoms with Crippen LogP contribution in [0.2, 0.25) is 0 Å². The monoisotopic (exact) mass is 427 g/mol. The molecule has 0 heterocycles. The van der Waals surface area contributed by atoms with Gasteiger partial charge in [0.1, 0.15) is 5.75 Å². The second-order valence-electron chi connectivity index (χ2n) is 6.91. The van der Waals surface area contributed by atoms with Crippen molar-refractivity contribution in [2.45, 2.75) is 33.8 Å². The van der Waals surface area contributed by atoms with Gasteiger partial charge in [-0.2, -0.15) is 0 Å². The number of benzene rings is 2. The molecule has 0 fully saturated rings. The predicted octanol–water partition coefficient (Wildman–Crippen LogP) is 2.61. The van der Waals surface area contributed by atoms with E-state index in [1.54, 1.807) is 24.3 Å². The summed E-state index contributed by atoms with van der Waals surface area (Å²) in [5.41, 5.74) is 6.93. The molecule has 166 valence electrons. The van der Waals surface area contributed by atoms with Crippen LogP contribution < -0.4 is 20.5 Å². The molecule has 8 nitrogen and oxygen atoms in total. The van der Waals surface area contributed by atoms with Crippen molar-refractivity contribution in [3.05, 3.63) is 59.7 Å². The molecule has 2 amide bonds. The molecular weight excluding hydrogens is 398 g/mol. The minimum absolute atomic E-state index is 0.397. The maximum atomic E-state index is 12.2. The summed E-state index contributed by atoms with van der Waals surface area (Å²) in [4.78, 5) is 38.2. The Bertz CT molecular complexity index is 894. The lowest BCUT2D eigenvalue weighted by atomic mass is 10.2. The van der Waals surface area contributed by atoms with Gasteiger partial charge in [0.2, 0.25) is 0 Å². The number of aryl methyl sites for hydroxylation is 1. The lowest BCUT2D eigenvalue weighted by Crippen LogP contribution is -2.44. The van der Waals surface area contributed by atoms with Crippen molar-refractivity contribution in [2.24, 2.45) is 0 Å². The highest BCUT2D eigenvalue weighted by molar-refractivity contribution is 5.95. The molecule has 2 aromatic carbocycles. The number of esters is 1. The summed E-state index contributed by atoms with van der Waals surface area (Å²) in [6.07, 6.45) is -0.881. The van der Waals surface area contributed by atoms with Gasteiger partial charge in [-0.25, -0.2) is 4.79 Å². The summed E-state index contributed by atoms with van der Waals surface area (Å²) in [6, 6.07) is 14.3. The molecule has 2 aromatic rings. The number of hydrogen-bond donors (Lipinski definition) is 2. The normalized spacial score (nSPS) is 11.2. The number of carbonyl (C=O) groups is 3. The van der Waals surface area contributed by atoms with Crippen LogP contribution in [0.3, 0.4) is 0 Å². The van der Waals surface area contributed by atoms with E-state index in [0.29, 0.717) is 11.3 Å². The van der Waals surface area contributed by atoms with E-state index >= 15 is 0 Å². The van der Waals surface area contributed by atoms with Crippen LogP contribution >= 0.6 is 0 Å². The van der Waals surface area contributed by atoms with Crippen molar-refractivity contribution in [1.29, 1.82) is 0 Å². The molecule has 0 aliphatic carbocycles. The zero-order valence-electron chi connectivity index (χ0n) is 18.3. The fraction of sp³-hybridized carbons (Fsp3) is 0.348. The first-order valence-electron chi connectivity index (χ1n) is 10.2. The molecule has 0 bridgehead atoms. The van der Waals surface area contributed by atoms with Crippen molar-refractivity contribution in [3.8, 4) is 5.75 Å². The number of hydrogen-bond acceptors (Lipinski definition) is 6. The van der Waals surface area contributed by atoms with Crippen LogP contribution in [-0.4, -0.2) is 43.6 Å². The molecule has 31 heavy (non-hydrogen) atoms. The Morgan fingerprint density at radius 1 is 1.00 bits per heavy atom. The number of ether oxygens (including phenoxy) is 2. The summed E-state index contributed by atoms with van der Waals surface area (Å²) in [6.45, 7) is 8.75. The lowest BCUT2D eigenvalue weighted by molar-refractivity contribution is -0.154. The average molecular weight is 428 g/mol. The van der Waals surface area contributed by atoms with Crippen LogP contribution in [-0.2, 0) is 14.3 Å². The van der Waals surface area contributed by atoms with E-state index in [4.69, 9.17) is 9.47 Å². The van der Waals surface area contributed by atoms with Crippen LogP contribution in [0, 0.1) is 6.92 Å². The third-order valence-corrected chi connectivity index (χ3v) is 4.55. The van der Waals surface area contributed by atoms with Gasteiger partial charge in [0.25, 0.3) is 11.8 Å². The molecule has 0 spiro atoms. The number of nitrogens with zero attached hydrogens (tertiary/aromatic N) is 1. The van der Waals surface area contributed by atoms with Gasteiger partial charge >= 0.3 is 5.97 Å². The minimum atomic E-state index is -0.881. The zero-order valence-corrected chi connectivity index (χ0v) is 18.3. The number of amides is 2. The summed E-state index contributed by atoms with van der Waals surface area (Å²) in [5.74, 6) is -1.28. The molecular formula is C23H29N3O5. The van der Waals surface area contributed by atoms with Gasteiger partial charge in [-0.1, -0.05) is 12.1 Å². The maximum absolute atomic E-state index is 12.2. The zero-order chi connectivity index (χ0) is 22.8. The largest absolute Gasteiger partial charge is 0.479 e. The van der Waals surface area contributed by atoms with Crippen LogP contribution in [0.5, 0.6) is 5.75 Å². The van der Waals surface area contributed by atoms with E-state index in [-0.39, 0.29) is 0 Å². The summed E-state index contributed by atoms with van der Waals surface area (Å²) in [7, 11) is 0. The Morgan fingerprint density at radius 2 is 1.68 bits per heavy atom. The highest BCUT2D eigenvalue weighted by atomic mass is 16.6. The Labute approximate surface area is 182 Å². The minimum Gasteiger partial charge on any atom is -0.479 e. The van der Waals surface area contributed by atoms with Gasteiger partial charge in [0, 0.05) is 24.3 Å². The predicted molar refractivity (Wildman–Crippen MR) is 118 cm³/mol. The van der Waals surface area contributed by atoms with E-state index in [9.17, 15) is 14.4 Å². The Hall–Kier alpha value is -3.55. The Balaban J connectivity index is 1.75. The summed E-state index contributed by atoms with van der Waals surface area (Å²) in [5, 5.41) is 0. The van der Waals surface area contributed by atoms with Gasteiger partial charge in [-0.05, 0) is 69.7 Å². The fourth-order valence-electron chi connectivity index (χ4n) is 2.84. The van der Waals surface area contributed by atoms with Gasteiger partial charge in [-0.3, -0.25) is 20.4 Å². The molecule has 8 heteroatoms. The van der Waals surface area contributed by atoms with Gasteiger partial charge in [0.05, 0.1) is 0 Å². The quantitative estimate of drug-likeness (QED) is 0.472. The molecule has 0 saturated heterocycles. The summed E-state index contributed by atoms with van der Waals surface area (Å²) < 4.78 is 10.4. The third-order valence-electron chi connectivity index (χ3n) is 4.55. The van der Waals surface area contributed by atoms with Crippen LogP contribution in [0.4, 0.5) is 5.69 Å². The number of carbonyl (C=O) groups excluding carboxylic acids is 3. The number of hydrazine groups is 1. The maximum Gasteiger partial charge on any atom is 0.347 e. The molecule has 2 rings (SSSR count). The summed E-state index contributed by atoms with van der Waals surface area (Å²) >= 11 is 0. The van der Waals surface area contributed by atoms with Crippen LogP contribution in [0.15, 0.2) is 48.5 Å².